The molecule has 1 fully saturated rings. The molecule has 0 heterocycles. The normalized spacial score (nSPS) is 18.5. The Bertz CT molecular complexity index is 1610. The number of anilines is 1. The Balaban J connectivity index is 1.29. The van der Waals surface area contributed by atoms with Crippen molar-refractivity contribution in [3.05, 3.63) is 106 Å². The molecular formula is C42H54N4O3. The quantitative estimate of drug-likeness (QED) is 0.135. The van der Waals surface area contributed by atoms with Crippen molar-refractivity contribution < 1.29 is 14.3 Å². The second-order valence-corrected chi connectivity index (χ2v) is 13.8. The van der Waals surface area contributed by atoms with E-state index in [2.05, 4.69) is 79.2 Å². The summed E-state index contributed by atoms with van der Waals surface area (Å²) in [5, 5.41) is 3.61. The fraction of sp³-hybridized carbons (Fsp3) is 0.429. The molecule has 0 aliphatic heterocycles. The SMILES string of the molecule is C=N/C(=C\C=N/CC)COc1ccc(C(C)(C)C2=CCC=C(C[C@H]3C[C@@H](Nc4ccc(C=O)c(C(=O)N(C)C(C)CCC)c4)C3)C=C2)cc1. The first-order chi connectivity index (χ1) is 23.6. The first-order valence-corrected chi connectivity index (χ1v) is 17.7. The molecule has 260 valence electrons. The lowest BCUT2D eigenvalue weighted by molar-refractivity contribution is 0.0734. The van der Waals surface area contributed by atoms with Gasteiger partial charge in [0.05, 0.1) is 11.3 Å². The average Bonchev–Trinajstić information content (AvgIpc) is 3.34. The van der Waals surface area contributed by atoms with Gasteiger partial charge in [0.2, 0.25) is 0 Å². The van der Waals surface area contributed by atoms with Gasteiger partial charge in [-0.2, -0.15) is 0 Å². The maximum atomic E-state index is 13.2. The van der Waals surface area contributed by atoms with Crippen LogP contribution in [-0.2, 0) is 5.41 Å². The Morgan fingerprint density at radius 3 is 2.55 bits per heavy atom. The lowest BCUT2D eigenvalue weighted by Gasteiger charge is -2.37. The summed E-state index contributed by atoms with van der Waals surface area (Å²) in [6.45, 7) is 15.4. The minimum absolute atomic E-state index is 0.107. The van der Waals surface area contributed by atoms with Crippen LogP contribution in [0.4, 0.5) is 5.69 Å². The van der Waals surface area contributed by atoms with Crippen LogP contribution in [-0.4, -0.2) is 62.3 Å². The van der Waals surface area contributed by atoms with Gasteiger partial charge in [0.1, 0.15) is 12.4 Å². The second-order valence-electron chi connectivity index (χ2n) is 13.8. The van der Waals surface area contributed by atoms with E-state index < -0.39 is 0 Å². The van der Waals surface area contributed by atoms with Gasteiger partial charge in [-0.25, -0.2) is 0 Å². The van der Waals surface area contributed by atoms with Crippen LogP contribution in [0.3, 0.4) is 0 Å². The summed E-state index contributed by atoms with van der Waals surface area (Å²) in [5.74, 6) is 1.29. The lowest BCUT2D eigenvalue weighted by atomic mass is 9.76. The van der Waals surface area contributed by atoms with E-state index in [1.807, 2.05) is 51.2 Å². The molecule has 7 nitrogen and oxygen atoms in total. The third kappa shape index (κ3) is 10.0. The summed E-state index contributed by atoms with van der Waals surface area (Å²) >= 11 is 0. The molecule has 0 radical (unpaired) electrons. The van der Waals surface area contributed by atoms with Crippen LogP contribution in [0.2, 0.25) is 0 Å². The Kier molecular flexibility index (Phi) is 13.5. The topological polar surface area (TPSA) is 83.4 Å². The number of aldehydes is 1. The summed E-state index contributed by atoms with van der Waals surface area (Å²) < 4.78 is 5.95. The monoisotopic (exact) mass is 662 g/mol. The molecular weight excluding hydrogens is 608 g/mol. The van der Waals surface area contributed by atoms with Crippen molar-refractivity contribution in [3.63, 3.8) is 0 Å². The van der Waals surface area contributed by atoms with E-state index in [-0.39, 0.29) is 17.4 Å². The van der Waals surface area contributed by atoms with Crippen molar-refractivity contribution >= 4 is 30.8 Å². The number of hydrogen-bond donors (Lipinski definition) is 1. The summed E-state index contributed by atoms with van der Waals surface area (Å²) in [6.07, 6.45) is 19.6. The van der Waals surface area contributed by atoms with Gasteiger partial charge in [-0.15, -0.1) is 0 Å². The van der Waals surface area contributed by atoms with E-state index in [0.29, 0.717) is 29.7 Å². The number of carbonyl (C=O) groups is 2. The molecule has 0 spiro atoms. The van der Waals surface area contributed by atoms with E-state index in [0.717, 1.165) is 68.5 Å². The van der Waals surface area contributed by atoms with Gasteiger partial charge in [-0.3, -0.25) is 19.6 Å². The molecule has 2 aromatic rings. The van der Waals surface area contributed by atoms with Crippen LogP contribution in [0.15, 0.2) is 99.7 Å². The van der Waals surface area contributed by atoms with Gasteiger partial charge < -0.3 is 15.0 Å². The van der Waals surface area contributed by atoms with Crippen molar-refractivity contribution in [2.75, 3.05) is 25.5 Å². The molecule has 2 aromatic carbocycles. The first-order valence-electron chi connectivity index (χ1n) is 17.7. The summed E-state index contributed by atoms with van der Waals surface area (Å²) in [5.41, 5.74) is 6.28. The highest BCUT2D eigenvalue weighted by Gasteiger charge is 2.30. The average molecular weight is 663 g/mol. The van der Waals surface area contributed by atoms with Gasteiger partial charge >= 0.3 is 0 Å². The molecule has 1 N–H and O–H groups in total. The van der Waals surface area contributed by atoms with Crippen LogP contribution in [0.25, 0.3) is 0 Å². The van der Waals surface area contributed by atoms with Crippen molar-refractivity contribution in [2.45, 2.75) is 90.6 Å². The van der Waals surface area contributed by atoms with Crippen LogP contribution in [0, 0.1) is 5.92 Å². The van der Waals surface area contributed by atoms with Crippen molar-refractivity contribution in [1.82, 2.24) is 4.90 Å². The molecule has 1 atom stereocenters. The smallest absolute Gasteiger partial charge is 0.254 e. The summed E-state index contributed by atoms with van der Waals surface area (Å²) in [7, 11) is 1.82. The predicted octanol–water partition coefficient (Wildman–Crippen LogP) is 9.18. The van der Waals surface area contributed by atoms with Crippen molar-refractivity contribution in [2.24, 2.45) is 15.9 Å². The second kappa shape index (κ2) is 17.8. The number of allylic oxidation sites excluding steroid dienone is 7. The van der Waals surface area contributed by atoms with Crippen LogP contribution < -0.4 is 10.1 Å². The minimum Gasteiger partial charge on any atom is -0.487 e. The molecule has 1 saturated carbocycles. The molecule has 0 bridgehead atoms. The number of carbonyl (C=O) groups excluding carboxylic acids is 2. The molecule has 4 rings (SSSR count). The first kappa shape index (κ1) is 37.3. The van der Waals surface area contributed by atoms with E-state index in [1.54, 1.807) is 17.2 Å². The Morgan fingerprint density at radius 2 is 1.88 bits per heavy atom. The zero-order valence-electron chi connectivity index (χ0n) is 30.2. The number of benzene rings is 2. The van der Waals surface area contributed by atoms with Gasteiger partial charge in [-0.1, -0.05) is 69.2 Å². The van der Waals surface area contributed by atoms with Gasteiger partial charge in [0.25, 0.3) is 5.91 Å². The number of amides is 1. The summed E-state index contributed by atoms with van der Waals surface area (Å²) in [4.78, 5) is 34.9. The highest BCUT2D eigenvalue weighted by molar-refractivity contribution is 6.02. The van der Waals surface area contributed by atoms with Gasteiger partial charge in [-0.05, 0) is 106 Å². The number of aliphatic imine (C=N–C) groups is 2. The van der Waals surface area contributed by atoms with Crippen LogP contribution in [0.5, 0.6) is 5.75 Å². The standard InChI is InChI=1S/C42H54N4O3/c1-8-11-30(3)46(7)41(48)40-27-36(19-15-33(40)28-47)45-38-25-32(26-38)24-31-12-10-13-34(16-14-31)42(4,5)35-17-20-39(21-18-35)49-29-37(43-6)22-23-44-9-2/h12-23,27-28,30,32,38,45H,6,8-11,24-26,29H2,1-5,7H3/b37-22-,44-23-/t30?,32-,38+. The molecule has 2 aliphatic rings. The predicted molar refractivity (Wildman–Crippen MR) is 205 cm³/mol. The number of nitrogens with one attached hydrogen (secondary N) is 1. The number of nitrogens with zero attached hydrogens (tertiary/aromatic N) is 3. The zero-order chi connectivity index (χ0) is 35.4. The maximum absolute atomic E-state index is 13.2. The molecule has 49 heavy (non-hydrogen) atoms. The highest BCUT2D eigenvalue weighted by Crippen LogP contribution is 2.38. The van der Waals surface area contributed by atoms with Gasteiger partial charge in [0.15, 0.2) is 6.29 Å². The van der Waals surface area contributed by atoms with E-state index >= 15 is 0 Å². The van der Waals surface area contributed by atoms with E-state index in [4.69, 9.17) is 4.74 Å². The molecule has 7 heteroatoms. The minimum atomic E-state index is -0.156. The van der Waals surface area contributed by atoms with Crippen molar-refractivity contribution in [3.8, 4) is 5.75 Å². The van der Waals surface area contributed by atoms with E-state index in [9.17, 15) is 9.59 Å². The Morgan fingerprint density at radius 1 is 1.12 bits per heavy atom. The van der Waals surface area contributed by atoms with Gasteiger partial charge in [0, 0.05) is 48.6 Å². The van der Waals surface area contributed by atoms with Crippen LogP contribution >= 0.6 is 0 Å². The third-order valence-corrected chi connectivity index (χ3v) is 9.87. The summed E-state index contributed by atoms with van der Waals surface area (Å²) in [6, 6.07) is 14.3. The molecule has 0 aromatic heterocycles. The zero-order valence-corrected chi connectivity index (χ0v) is 30.2. The van der Waals surface area contributed by atoms with Crippen LogP contribution in [0.1, 0.15) is 99.4 Å². The fourth-order valence-electron chi connectivity index (χ4n) is 6.49. The highest BCUT2D eigenvalue weighted by atomic mass is 16.5. The fourth-order valence-corrected chi connectivity index (χ4v) is 6.49. The molecule has 1 amide bonds. The largest absolute Gasteiger partial charge is 0.487 e. The van der Waals surface area contributed by atoms with Crippen molar-refractivity contribution in [1.29, 1.82) is 0 Å². The lowest BCUT2D eigenvalue weighted by Crippen LogP contribution is -2.36. The molecule has 2 aliphatic carbocycles. The number of hydrogen-bond acceptors (Lipinski definition) is 6. The Hall–Kier alpha value is -4.52. The number of ether oxygens (including phenoxy) is 1. The number of rotatable bonds is 17. The Labute approximate surface area is 293 Å². The third-order valence-electron chi connectivity index (χ3n) is 9.87. The van der Waals surface area contributed by atoms with E-state index in [1.165, 1.54) is 16.7 Å². The molecule has 1 unspecified atom stereocenters. The maximum Gasteiger partial charge on any atom is 0.254 e. The molecule has 0 saturated heterocycles.